The van der Waals surface area contributed by atoms with Crippen molar-refractivity contribution >= 4 is 29.2 Å². The molecule has 1 fully saturated rings. The van der Waals surface area contributed by atoms with Gasteiger partial charge in [0.2, 0.25) is 5.91 Å². The van der Waals surface area contributed by atoms with E-state index in [1.165, 1.54) is 6.26 Å². The SMILES string of the molecule is CCNC(=O)Nc1cccc(NC(=O)C2CCCCN2C(=O)c2ccco2)c1. The van der Waals surface area contributed by atoms with Gasteiger partial charge < -0.3 is 25.3 Å². The highest BCUT2D eigenvalue weighted by Crippen LogP contribution is 2.22. The number of hydrogen-bond donors (Lipinski definition) is 3. The zero-order chi connectivity index (χ0) is 19.9. The monoisotopic (exact) mass is 384 g/mol. The first kappa shape index (κ1) is 19.5. The molecular weight excluding hydrogens is 360 g/mol. The Morgan fingerprint density at radius 2 is 1.89 bits per heavy atom. The van der Waals surface area contributed by atoms with Gasteiger partial charge in [0.25, 0.3) is 5.91 Å². The van der Waals surface area contributed by atoms with Crippen molar-refractivity contribution in [1.82, 2.24) is 10.2 Å². The van der Waals surface area contributed by atoms with E-state index in [0.29, 0.717) is 30.9 Å². The maximum absolute atomic E-state index is 12.9. The van der Waals surface area contributed by atoms with Crippen LogP contribution in [-0.2, 0) is 4.79 Å². The summed E-state index contributed by atoms with van der Waals surface area (Å²) < 4.78 is 5.20. The minimum atomic E-state index is -0.564. The molecule has 2 aromatic rings. The Bertz CT molecular complexity index is 834. The van der Waals surface area contributed by atoms with Crippen LogP contribution in [0.5, 0.6) is 0 Å². The summed E-state index contributed by atoms with van der Waals surface area (Å²) in [5, 5.41) is 8.20. The Hall–Kier alpha value is -3.29. The average Bonchev–Trinajstić information content (AvgIpc) is 3.22. The van der Waals surface area contributed by atoms with Gasteiger partial charge in [-0.15, -0.1) is 0 Å². The number of anilines is 2. The Kier molecular flexibility index (Phi) is 6.31. The number of furan rings is 1. The molecule has 4 amide bonds. The van der Waals surface area contributed by atoms with Crippen LogP contribution < -0.4 is 16.0 Å². The van der Waals surface area contributed by atoms with Crippen molar-refractivity contribution in [3.8, 4) is 0 Å². The molecule has 0 aliphatic carbocycles. The minimum Gasteiger partial charge on any atom is -0.459 e. The Morgan fingerprint density at radius 1 is 1.11 bits per heavy atom. The predicted molar refractivity (Wildman–Crippen MR) is 105 cm³/mol. The van der Waals surface area contributed by atoms with E-state index < -0.39 is 6.04 Å². The summed E-state index contributed by atoms with van der Waals surface area (Å²) in [7, 11) is 0. The second-order valence-corrected chi connectivity index (χ2v) is 6.54. The highest BCUT2D eigenvalue weighted by atomic mass is 16.3. The van der Waals surface area contributed by atoms with Crippen molar-refractivity contribution in [3.05, 3.63) is 48.4 Å². The summed E-state index contributed by atoms with van der Waals surface area (Å²) >= 11 is 0. The van der Waals surface area contributed by atoms with Gasteiger partial charge in [-0.3, -0.25) is 9.59 Å². The van der Waals surface area contributed by atoms with Gasteiger partial charge in [0.1, 0.15) is 6.04 Å². The summed E-state index contributed by atoms with van der Waals surface area (Å²) in [5.74, 6) is -0.306. The molecule has 28 heavy (non-hydrogen) atoms. The smallest absolute Gasteiger partial charge is 0.319 e. The van der Waals surface area contributed by atoms with Gasteiger partial charge in [-0.1, -0.05) is 6.07 Å². The van der Waals surface area contributed by atoms with Crippen molar-refractivity contribution in [3.63, 3.8) is 0 Å². The first-order valence-corrected chi connectivity index (χ1v) is 9.38. The van der Waals surface area contributed by atoms with E-state index >= 15 is 0 Å². The van der Waals surface area contributed by atoms with Crippen LogP contribution in [0.1, 0.15) is 36.7 Å². The van der Waals surface area contributed by atoms with Crippen molar-refractivity contribution in [2.45, 2.75) is 32.2 Å². The van der Waals surface area contributed by atoms with Crippen LogP contribution in [0.25, 0.3) is 0 Å². The number of hydrogen-bond acceptors (Lipinski definition) is 4. The van der Waals surface area contributed by atoms with Crippen LogP contribution in [-0.4, -0.2) is 41.9 Å². The van der Waals surface area contributed by atoms with Gasteiger partial charge in [-0.25, -0.2) is 4.79 Å². The number of carbonyl (C=O) groups excluding carboxylic acids is 3. The fourth-order valence-corrected chi connectivity index (χ4v) is 3.23. The molecule has 1 aliphatic heterocycles. The fourth-order valence-electron chi connectivity index (χ4n) is 3.23. The number of nitrogens with zero attached hydrogens (tertiary/aromatic N) is 1. The molecule has 3 N–H and O–H groups in total. The molecule has 0 bridgehead atoms. The fraction of sp³-hybridized carbons (Fsp3) is 0.350. The molecule has 8 nitrogen and oxygen atoms in total. The van der Waals surface area contributed by atoms with Crippen LogP contribution in [0.3, 0.4) is 0 Å². The molecule has 1 unspecified atom stereocenters. The molecule has 3 rings (SSSR count). The molecule has 2 heterocycles. The van der Waals surface area contributed by atoms with Crippen LogP contribution in [0.2, 0.25) is 0 Å². The standard InChI is InChI=1S/C20H24N4O4/c1-2-21-20(27)23-15-8-5-7-14(13-15)22-18(25)16-9-3-4-11-24(16)19(26)17-10-6-12-28-17/h5-8,10,12-13,16H,2-4,9,11H2,1H3,(H,22,25)(H2,21,23,27). The second-order valence-electron chi connectivity index (χ2n) is 6.54. The number of nitrogens with one attached hydrogen (secondary N) is 3. The second kappa shape index (κ2) is 9.07. The largest absolute Gasteiger partial charge is 0.459 e. The molecule has 1 aromatic carbocycles. The van der Waals surface area contributed by atoms with Crippen molar-refractivity contribution in [2.24, 2.45) is 0 Å². The summed E-state index contributed by atoms with van der Waals surface area (Å²) in [6.07, 6.45) is 3.76. The number of rotatable bonds is 5. The average molecular weight is 384 g/mol. The zero-order valence-electron chi connectivity index (χ0n) is 15.7. The van der Waals surface area contributed by atoms with E-state index in [9.17, 15) is 14.4 Å². The number of piperidine rings is 1. The quantitative estimate of drug-likeness (QED) is 0.737. The summed E-state index contributed by atoms with van der Waals surface area (Å²) in [4.78, 5) is 38.7. The number of amides is 4. The van der Waals surface area contributed by atoms with Crippen molar-refractivity contribution in [2.75, 3.05) is 23.7 Å². The Labute approximate surface area is 163 Å². The molecular formula is C20H24N4O4. The highest BCUT2D eigenvalue weighted by Gasteiger charge is 2.33. The number of likely N-dealkylation sites (tertiary alicyclic amines) is 1. The molecule has 8 heteroatoms. The topological polar surface area (TPSA) is 104 Å². The molecule has 1 aliphatic rings. The summed E-state index contributed by atoms with van der Waals surface area (Å²) in [6, 6.07) is 9.26. The maximum Gasteiger partial charge on any atom is 0.319 e. The number of urea groups is 1. The summed E-state index contributed by atoms with van der Waals surface area (Å²) in [6.45, 7) is 2.86. The Morgan fingerprint density at radius 3 is 2.61 bits per heavy atom. The molecule has 0 saturated carbocycles. The first-order valence-electron chi connectivity index (χ1n) is 9.38. The molecule has 1 saturated heterocycles. The third-order valence-electron chi connectivity index (χ3n) is 4.52. The Balaban J connectivity index is 1.69. The van der Waals surface area contributed by atoms with Crippen LogP contribution in [0, 0.1) is 0 Å². The van der Waals surface area contributed by atoms with E-state index in [2.05, 4.69) is 16.0 Å². The molecule has 1 aromatic heterocycles. The van der Waals surface area contributed by atoms with E-state index in [1.54, 1.807) is 41.3 Å². The van der Waals surface area contributed by atoms with Gasteiger partial charge in [-0.2, -0.15) is 0 Å². The lowest BCUT2D eigenvalue weighted by Gasteiger charge is -2.34. The molecule has 148 valence electrons. The van der Waals surface area contributed by atoms with Gasteiger partial charge in [0.15, 0.2) is 5.76 Å². The normalized spacial score (nSPS) is 16.3. The highest BCUT2D eigenvalue weighted by molar-refractivity contribution is 6.00. The van der Waals surface area contributed by atoms with Crippen LogP contribution in [0.4, 0.5) is 16.2 Å². The zero-order valence-corrected chi connectivity index (χ0v) is 15.7. The summed E-state index contributed by atoms with van der Waals surface area (Å²) in [5.41, 5.74) is 1.12. The lowest BCUT2D eigenvalue weighted by molar-refractivity contribution is -0.121. The molecule has 0 spiro atoms. The number of carbonyl (C=O) groups is 3. The molecule has 1 atom stereocenters. The first-order chi connectivity index (χ1) is 13.6. The number of benzene rings is 1. The van der Waals surface area contributed by atoms with Gasteiger partial charge in [0, 0.05) is 24.5 Å². The van der Waals surface area contributed by atoms with E-state index in [-0.39, 0.29) is 23.6 Å². The minimum absolute atomic E-state index is 0.229. The van der Waals surface area contributed by atoms with E-state index in [0.717, 1.165) is 12.8 Å². The maximum atomic E-state index is 12.9. The van der Waals surface area contributed by atoms with Gasteiger partial charge >= 0.3 is 6.03 Å². The molecule has 0 radical (unpaired) electrons. The lowest BCUT2D eigenvalue weighted by Crippen LogP contribution is -2.49. The van der Waals surface area contributed by atoms with Crippen molar-refractivity contribution < 1.29 is 18.8 Å². The van der Waals surface area contributed by atoms with Gasteiger partial charge in [0.05, 0.1) is 6.26 Å². The lowest BCUT2D eigenvalue weighted by atomic mass is 10.0. The van der Waals surface area contributed by atoms with Crippen molar-refractivity contribution in [1.29, 1.82) is 0 Å². The van der Waals surface area contributed by atoms with Crippen LogP contribution >= 0.6 is 0 Å². The predicted octanol–water partition coefficient (Wildman–Crippen LogP) is 3.05. The third kappa shape index (κ3) is 4.70. The van der Waals surface area contributed by atoms with Gasteiger partial charge in [-0.05, 0) is 56.5 Å². The third-order valence-corrected chi connectivity index (χ3v) is 4.52. The van der Waals surface area contributed by atoms with Crippen LogP contribution in [0.15, 0.2) is 47.1 Å². The van der Waals surface area contributed by atoms with E-state index in [4.69, 9.17) is 4.42 Å². The van der Waals surface area contributed by atoms with E-state index in [1.807, 2.05) is 6.92 Å².